The summed E-state index contributed by atoms with van der Waals surface area (Å²) in [6.45, 7) is 0.408. The number of nitriles is 1. The number of nitrogens with one attached hydrogen (secondary N) is 1. The molecule has 0 heterocycles. The normalized spacial score (nSPS) is 11.0. The van der Waals surface area contributed by atoms with Gasteiger partial charge in [0, 0.05) is 17.8 Å². The number of halogens is 1. The van der Waals surface area contributed by atoms with Crippen molar-refractivity contribution in [2.75, 3.05) is 5.32 Å². The monoisotopic (exact) mass is 575 g/mol. The SMILES string of the molecule is N#C/C(=C\c1ccc(OCc2ccc3ccccc3c2)c(I)c1)C(=O)Nc1cccc([N+](=O)[O-])c1. The summed E-state index contributed by atoms with van der Waals surface area (Å²) in [5, 5.41) is 25.2. The first-order valence-electron chi connectivity index (χ1n) is 10.5. The van der Waals surface area contributed by atoms with Crippen LogP contribution in [0.15, 0.2) is 90.5 Å². The Balaban J connectivity index is 1.45. The first-order chi connectivity index (χ1) is 16.9. The molecule has 0 fully saturated rings. The third-order valence-electron chi connectivity index (χ3n) is 5.16. The molecule has 4 aromatic carbocycles. The van der Waals surface area contributed by atoms with E-state index in [4.69, 9.17) is 4.74 Å². The van der Waals surface area contributed by atoms with Crippen LogP contribution in [0.1, 0.15) is 11.1 Å². The van der Waals surface area contributed by atoms with Crippen molar-refractivity contribution in [2.45, 2.75) is 6.61 Å². The number of fused-ring (bicyclic) bond motifs is 1. The first kappa shape index (κ1) is 23.9. The minimum absolute atomic E-state index is 0.128. The highest BCUT2D eigenvalue weighted by Gasteiger charge is 2.13. The summed E-state index contributed by atoms with van der Waals surface area (Å²) < 4.78 is 6.81. The lowest BCUT2D eigenvalue weighted by Gasteiger charge is -2.10. The summed E-state index contributed by atoms with van der Waals surface area (Å²) in [6.07, 6.45) is 1.46. The number of ether oxygens (including phenoxy) is 1. The molecule has 4 aromatic rings. The molecule has 8 heteroatoms. The summed E-state index contributed by atoms with van der Waals surface area (Å²) in [5.74, 6) is 0.0371. The van der Waals surface area contributed by atoms with Gasteiger partial charge in [-0.3, -0.25) is 14.9 Å². The van der Waals surface area contributed by atoms with E-state index in [1.807, 2.05) is 30.3 Å². The second-order valence-corrected chi connectivity index (χ2v) is 8.75. The molecule has 0 aromatic heterocycles. The smallest absolute Gasteiger partial charge is 0.271 e. The van der Waals surface area contributed by atoms with Crippen molar-refractivity contribution in [3.8, 4) is 11.8 Å². The molecule has 0 bridgehead atoms. The average Bonchev–Trinajstić information content (AvgIpc) is 2.86. The zero-order valence-electron chi connectivity index (χ0n) is 18.3. The van der Waals surface area contributed by atoms with Crippen molar-refractivity contribution in [1.82, 2.24) is 0 Å². The Morgan fingerprint density at radius 1 is 1.03 bits per heavy atom. The highest BCUT2D eigenvalue weighted by molar-refractivity contribution is 14.1. The van der Waals surface area contributed by atoms with E-state index in [0.717, 1.165) is 14.5 Å². The lowest BCUT2D eigenvalue weighted by atomic mass is 10.1. The van der Waals surface area contributed by atoms with Gasteiger partial charge in [-0.15, -0.1) is 0 Å². The molecule has 0 aliphatic rings. The molecule has 0 aliphatic heterocycles. The molecule has 7 nitrogen and oxygen atoms in total. The molecule has 0 unspecified atom stereocenters. The minimum atomic E-state index is -0.653. The molecule has 35 heavy (non-hydrogen) atoms. The number of amides is 1. The predicted octanol–water partition coefficient (Wildman–Crippen LogP) is 6.48. The standard InChI is InChI=1S/C27H18IN3O4/c28-25-14-18(12-22(16-29)27(32)30-23-6-3-7-24(15-23)31(33)34)9-11-26(25)35-17-19-8-10-20-4-1-2-5-21(20)13-19/h1-15H,17H2,(H,30,32)/b22-12+. The number of hydrogen-bond donors (Lipinski definition) is 1. The zero-order chi connectivity index (χ0) is 24.8. The molecular weight excluding hydrogens is 557 g/mol. The van der Waals surface area contributed by atoms with Gasteiger partial charge in [0.1, 0.15) is 24.0 Å². The molecule has 0 radical (unpaired) electrons. The Hall–Kier alpha value is -4.23. The second kappa shape index (κ2) is 10.8. The minimum Gasteiger partial charge on any atom is -0.488 e. The quantitative estimate of drug-likeness (QED) is 0.0894. The number of hydrogen-bond acceptors (Lipinski definition) is 5. The maximum Gasteiger partial charge on any atom is 0.271 e. The van der Waals surface area contributed by atoms with Crippen molar-refractivity contribution in [2.24, 2.45) is 0 Å². The number of nitro benzene ring substituents is 1. The average molecular weight is 575 g/mol. The van der Waals surface area contributed by atoms with Gasteiger partial charge < -0.3 is 10.1 Å². The fourth-order valence-corrected chi connectivity index (χ4v) is 4.12. The maximum absolute atomic E-state index is 12.5. The molecule has 0 saturated heterocycles. The molecule has 1 N–H and O–H groups in total. The van der Waals surface area contributed by atoms with Gasteiger partial charge in [-0.05, 0) is 74.8 Å². The molecule has 4 rings (SSSR count). The number of nitro groups is 1. The van der Waals surface area contributed by atoms with E-state index < -0.39 is 10.8 Å². The van der Waals surface area contributed by atoms with Crippen LogP contribution in [0.2, 0.25) is 0 Å². The summed E-state index contributed by atoms with van der Waals surface area (Å²) >= 11 is 2.15. The molecule has 1 amide bonds. The van der Waals surface area contributed by atoms with Gasteiger partial charge in [-0.2, -0.15) is 5.26 Å². The molecule has 0 aliphatic carbocycles. The summed E-state index contributed by atoms with van der Waals surface area (Å²) in [7, 11) is 0. The molecule has 0 spiro atoms. The first-order valence-corrected chi connectivity index (χ1v) is 11.6. The Kier molecular flexibility index (Phi) is 7.38. The lowest BCUT2D eigenvalue weighted by molar-refractivity contribution is -0.384. The van der Waals surface area contributed by atoms with Gasteiger partial charge in [0.2, 0.25) is 0 Å². The largest absolute Gasteiger partial charge is 0.488 e. The van der Waals surface area contributed by atoms with E-state index in [1.54, 1.807) is 12.1 Å². The fourth-order valence-electron chi connectivity index (χ4n) is 3.42. The number of nitrogens with zero attached hydrogens (tertiary/aromatic N) is 2. The molecule has 0 atom stereocenters. The van der Waals surface area contributed by atoms with Crippen LogP contribution in [0.25, 0.3) is 16.8 Å². The second-order valence-electron chi connectivity index (χ2n) is 7.59. The van der Waals surface area contributed by atoms with E-state index in [0.29, 0.717) is 17.9 Å². The van der Waals surface area contributed by atoms with Crippen molar-refractivity contribution in [3.05, 3.63) is 115 Å². The van der Waals surface area contributed by atoms with Gasteiger partial charge in [-0.1, -0.05) is 48.5 Å². The van der Waals surface area contributed by atoms with Crippen LogP contribution in [0.3, 0.4) is 0 Å². The Morgan fingerprint density at radius 2 is 1.83 bits per heavy atom. The van der Waals surface area contributed by atoms with E-state index in [1.165, 1.54) is 35.7 Å². The predicted molar refractivity (Wildman–Crippen MR) is 143 cm³/mol. The van der Waals surface area contributed by atoms with Crippen LogP contribution in [0, 0.1) is 25.0 Å². The van der Waals surface area contributed by atoms with E-state index in [-0.39, 0.29) is 16.9 Å². The van der Waals surface area contributed by atoms with Gasteiger partial charge >= 0.3 is 0 Å². The van der Waals surface area contributed by atoms with Crippen molar-refractivity contribution in [1.29, 1.82) is 5.26 Å². The van der Waals surface area contributed by atoms with E-state index in [9.17, 15) is 20.2 Å². The Morgan fingerprint density at radius 3 is 2.57 bits per heavy atom. The van der Waals surface area contributed by atoms with Gasteiger partial charge in [0.25, 0.3) is 11.6 Å². The topological polar surface area (TPSA) is 105 Å². The lowest BCUT2D eigenvalue weighted by Crippen LogP contribution is -2.13. The molecule has 0 saturated carbocycles. The number of carbonyl (C=O) groups is 1. The number of non-ortho nitro benzene ring substituents is 1. The van der Waals surface area contributed by atoms with Gasteiger partial charge in [0.15, 0.2) is 0 Å². The highest BCUT2D eigenvalue weighted by Crippen LogP contribution is 2.25. The van der Waals surface area contributed by atoms with Crippen LogP contribution in [-0.2, 0) is 11.4 Å². The van der Waals surface area contributed by atoms with Crippen molar-refractivity contribution < 1.29 is 14.5 Å². The highest BCUT2D eigenvalue weighted by atomic mass is 127. The number of anilines is 1. The molecule has 172 valence electrons. The van der Waals surface area contributed by atoms with E-state index >= 15 is 0 Å². The van der Waals surface area contributed by atoms with Gasteiger partial charge in [-0.25, -0.2) is 0 Å². The van der Waals surface area contributed by atoms with Crippen LogP contribution < -0.4 is 10.1 Å². The van der Waals surface area contributed by atoms with Crippen LogP contribution in [0.4, 0.5) is 11.4 Å². The third kappa shape index (κ3) is 6.02. The maximum atomic E-state index is 12.5. The van der Waals surface area contributed by atoms with Crippen LogP contribution in [-0.4, -0.2) is 10.8 Å². The number of carbonyl (C=O) groups excluding carboxylic acids is 1. The van der Waals surface area contributed by atoms with Gasteiger partial charge in [0.05, 0.1) is 8.49 Å². The summed E-state index contributed by atoms with van der Waals surface area (Å²) in [4.78, 5) is 22.9. The zero-order valence-corrected chi connectivity index (χ0v) is 20.4. The summed E-state index contributed by atoms with van der Waals surface area (Å²) in [6, 6.07) is 27.1. The Labute approximate surface area is 214 Å². The van der Waals surface area contributed by atoms with E-state index in [2.05, 4.69) is 52.2 Å². The summed E-state index contributed by atoms with van der Waals surface area (Å²) in [5.41, 5.74) is 1.65. The van der Waals surface area contributed by atoms with Crippen molar-refractivity contribution in [3.63, 3.8) is 0 Å². The number of benzene rings is 4. The molecular formula is C27H18IN3O4. The van der Waals surface area contributed by atoms with Crippen LogP contribution >= 0.6 is 22.6 Å². The Bertz CT molecular complexity index is 1510. The van der Waals surface area contributed by atoms with Crippen molar-refractivity contribution >= 4 is 56.7 Å². The third-order valence-corrected chi connectivity index (χ3v) is 6.00. The fraction of sp³-hybridized carbons (Fsp3) is 0.0370. The number of rotatable bonds is 7. The van der Waals surface area contributed by atoms with Crippen LogP contribution in [0.5, 0.6) is 5.75 Å².